The molecule has 2 rings (SSSR count). The van der Waals surface area contributed by atoms with Crippen LogP contribution in [0.15, 0.2) is 12.4 Å². The summed E-state index contributed by atoms with van der Waals surface area (Å²) in [5.41, 5.74) is 2.40. The molecule has 1 fully saturated rings. The van der Waals surface area contributed by atoms with E-state index in [1.54, 1.807) is 12.4 Å². The lowest BCUT2D eigenvalue weighted by molar-refractivity contribution is 0.0956. The van der Waals surface area contributed by atoms with Crippen LogP contribution in [0.2, 0.25) is 0 Å². The Balaban J connectivity index is 2.01. The number of aryl methyl sites for hydroxylation is 1. The van der Waals surface area contributed by atoms with Crippen LogP contribution in [0.1, 0.15) is 56.5 Å². The number of likely N-dealkylation sites (N-methyl/N-ethyl adjacent to an activating group) is 1. The first-order chi connectivity index (χ1) is 9.55. The Hall–Kier alpha value is -1.00. The van der Waals surface area contributed by atoms with Crippen LogP contribution in [-0.2, 0) is 0 Å². The van der Waals surface area contributed by atoms with Crippen LogP contribution in [0.3, 0.4) is 0 Å². The lowest BCUT2D eigenvalue weighted by Gasteiger charge is -2.44. The summed E-state index contributed by atoms with van der Waals surface area (Å²) >= 11 is 0. The second-order valence-corrected chi connectivity index (χ2v) is 6.31. The molecule has 0 aliphatic heterocycles. The van der Waals surface area contributed by atoms with E-state index in [2.05, 4.69) is 41.2 Å². The van der Waals surface area contributed by atoms with E-state index in [4.69, 9.17) is 0 Å². The van der Waals surface area contributed by atoms with Crippen molar-refractivity contribution >= 4 is 0 Å². The maximum atomic E-state index is 4.47. The summed E-state index contributed by atoms with van der Waals surface area (Å²) in [7, 11) is 4.43. The fraction of sp³-hybridized carbons (Fsp3) is 0.750. The van der Waals surface area contributed by atoms with Gasteiger partial charge in [0.2, 0.25) is 0 Å². The van der Waals surface area contributed by atoms with Crippen molar-refractivity contribution < 1.29 is 0 Å². The summed E-state index contributed by atoms with van der Waals surface area (Å²) in [6.07, 6.45) is 10.2. The molecule has 0 amide bonds. The van der Waals surface area contributed by atoms with Crippen LogP contribution >= 0.6 is 0 Å². The van der Waals surface area contributed by atoms with Crippen LogP contribution in [0, 0.1) is 6.92 Å². The summed E-state index contributed by atoms with van der Waals surface area (Å²) in [5, 5.41) is 3.69. The molecule has 0 bridgehead atoms. The van der Waals surface area contributed by atoms with Crippen molar-refractivity contribution in [3.63, 3.8) is 0 Å². The molecule has 1 N–H and O–H groups in total. The van der Waals surface area contributed by atoms with Gasteiger partial charge in [-0.3, -0.25) is 9.97 Å². The third-order valence-electron chi connectivity index (χ3n) is 4.80. The van der Waals surface area contributed by atoms with Crippen LogP contribution in [0.4, 0.5) is 0 Å². The molecule has 4 heteroatoms. The average Bonchev–Trinajstić information content (AvgIpc) is 2.46. The molecular weight excluding hydrogens is 248 g/mol. The van der Waals surface area contributed by atoms with Gasteiger partial charge < -0.3 is 10.2 Å². The lowest BCUT2D eigenvalue weighted by Crippen LogP contribution is -2.53. The molecule has 0 radical (unpaired) electrons. The second kappa shape index (κ2) is 6.64. The zero-order valence-corrected chi connectivity index (χ0v) is 13.3. The summed E-state index contributed by atoms with van der Waals surface area (Å²) in [6.45, 7) is 5.24. The van der Waals surface area contributed by atoms with Crippen molar-refractivity contribution in [3.05, 3.63) is 23.8 Å². The van der Waals surface area contributed by atoms with E-state index in [0.717, 1.165) is 17.9 Å². The predicted molar refractivity (Wildman–Crippen MR) is 82.7 cm³/mol. The largest absolute Gasteiger partial charge is 0.307 e. The van der Waals surface area contributed by atoms with Crippen LogP contribution in [0.25, 0.3) is 0 Å². The van der Waals surface area contributed by atoms with Gasteiger partial charge in [-0.25, -0.2) is 0 Å². The molecule has 20 heavy (non-hydrogen) atoms. The molecule has 0 aromatic carbocycles. The number of nitrogens with one attached hydrogen (secondary N) is 1. The SMILES string of the molecule is Cc1nccnc1C(C)NCC1(N(C)C)CCCCC1. The monoisotopic (exact) mass is 276 g/mol. The van der Waals surface area contributed by atoms with E-state index in [-0.39, 0.29) is 6.04 Å². The van der Waals surface area contributed by atoms with Gasteiger partial charge >= 0.3 is 0 Å². The Morgan fingerprint density at radius 2 is 1.85 bits per heavy atom. The average molecular weight is 276 g/mol. The van der Waals surface area contributed by atoms with Gasteiger partial charge in [0.05, 0.1) is 11.4 Å². The van der Waals surface area contributed by atoms with Gasteiger partial charge in [0.15, 0.2) is 0 Å². The first-order valence-electron chi connectivity index (χ1n) is 7.73. The fourth-order valence-corrected chi connectivity index (χ4v) is 3.28. The maximum absolute atomic E-state index is 4.47. The minimum absolute atomic E-state index is 0.252. The third kappa shape index (κ3) is 3.36. The van der Waals surface area contributed by atoms with Crippen LogP contribution in [0.5, 0.6) is 0 Å². The molecular formula is C16H28N4. The molecule has 1 aromatic heterocycles. The van der Waals surface area contributed by atoms with Crippen molar-refractivity contribution in [1.82, 2.24) is 20.2 Å². The van der Waals surface area contributed by atoms with Crippen molar-refractivity contribution in [2.24, 2.45) is 0 Å². The summed E-state index contributed by atoms with van der Waals surface area (Å²) in [4.78, 5) is 11.2. The first kappa shape index (κ1) is 15.4. The van der Waals surface area contributed by atoms with E-state index in [1.807, 2.05) is 6.92 Å². The topological polar surface area (TPSA) is 41.1 Å². The van der Waals surface area contributed by atoms with E-state index < -0.39 is 0 Å². The summed E-state index contributed by atoms with van der Waals surface area (Å²) in [6, 6.07) is 0.252. The Bertz CT molecular complexity index is 424. The van der Waals surface area contributed by atoms with Gasteiger partial charge in [-0.2, -0.15) is 0 Å². The van der Waals surface area contributed by atoms with E-state index in [0.29, 0.717) is 5.54 Å². The molecule has 1 atom stereocenters. The molecule has 1 aromatic rings. The highest BCUT2D eigenvalue weighted by Crippen LogP contribution is 2.32. The fourth-order valence-electron chi connectivity index (χ4n) is 3.28. The lowest BCUT2D eigenvalue weighted by atomic mass is 9.80. The Labute approximate surface area is 123 Å². The van der Waals surface area contributed by atoms with Gasteiger partial charge in [0.1, 0.15) is 0 Å². The molecule has 4 nitrogen and oxygen atoms in total. The molecule has 1 aliphatic carbocycles. The molecule has 0 saturated heterocycles. The number of nitrogens with zero attached hydrogens (tertiary/aromatic N) is 3. The molecule has 1 aliphatic rings. The third-order valence-corrected chi connectivity index (χ3v) is 4.80. The van der Waals surface area contributed by atoms with Crippen molar-refractivity contribution in [2.45, 2.75) is 57.5 Å². The van der Waals surface area contributed by atoms with Gasteiger partial charge in [-0.05, 0) is 40.8 Å². The number of hydrogen-bond donors (Lipinski definition) is 1. The second-order valence-electron chi connectivity index (χ2n) is 6.31. The minimum Gasteiger partial charge on any atom is -0.307 e. The smallest absolute Gasteiger partial charge is 0.0782 e. The number of hydrogen-bond acceptors (Lipinski definition) is 4. The van der Waals surface area contributed by atoms with E-state index in [1.165, 1.54) is 32.1 Å². The standard InChI is InChI=1S/C16H28N4/c1-13-15(18-11-10-17-13)14(2)19-12-16(20(3)4)8-6-5-7-9-16/h10-11,14,19H,5-9,12H2,1-4H3. The highest BCUT2D eigenvalue weighted by Gasteiger charge is 2.34. The van der Waals surface area contributed by atoms with Crippen LogP contribution in [-0.4, -0.2) is 41.0 Å². The molecule has 1 saturated carbocycles. The minimum atomic E-state index is 0.252. The quantitative estimate of drug-likeness (QED) is 0.898. The zero-order valence-electron chi connectivity index (χ0n) is 13.3. The van der Waals surface area contributed by atoms with Gasteiger partial charge in [-0.1, -0.05) is 19.3 Å². The van der Waals surface area contributed by atoms with Gasteiger partial charge in [-0.15, -0.1) is 0 Å². The normalized spacial score (nSPS) is 20.1. The van der Waals surface area contributed by atoms with Gasteiger partial charge in [0, 0.05) is 30.5 Å². The Kier molecular flexibility index (Phi) is 5.11. The summed E-state index contributed by atoms with van der Waals surface area (Å²) in [5.74, 6) is 0. The highest BCUT2D eigenvalue weighted by atomic mass is 15.2. The highest BCUT2D eigenvalue weighted by molar-refractivity contribution is 5.12. The first-order valence-corrected chi connectivity index (χ1v) is 7.73. The zero-order chi connectivity index (χ0) is 14.6. The van der Waals surface area contributed by atoms with Crippen molar-refractivity contribution in [2.75, 3.05) is 20.6 Å². The Morgan fingerprint density at radius 1 is 1.20 bits per heavy atom. The van der Waals surface area contributed by atoms with Crippen molar-refractivity contribution in [1.29, 1.82) is 0 Å². The Morgan fingerprint density at radius 3 is 2.45 bits per heavy atom. The number of rotatable bonds is 5. The molecule has 112 valence electrons. The molecule has 0 spiro atoms. The van der Waals surface area contributed by atoms with E-state index in [9.17, 15) is 0 Å². The van der Waals surface area contributed by atoms with Crippen molar-refractivity contribution in [3.8, 4) is 0 Å². The summed E-state index contributed by atoms with van der Waals surface area (Å²) < 4.78 is 0. The molecule has 1 unspecified atom stereocenters. The van der Waals surface area contributed by atoms with Crippen LogP contribution < -0.4 is 5.32 Å². The van der Waals surface area contributed by atoms with Gasteiger partial charge in [0.25, 0.3) is 0 Å². The number of aromatic nitrogens is 2. The maximum Gasteiger partial charge on any atom is 0.0782 e. The van der Waals surface area contributed by atoms with E-state index >= 15 is 0 Å². The predicted octanol–water partition coefficient (Wildman–Crippen LogP) is 2.70. The molecule has 1 heterocycles.